The number of rotatable bonds is 13. The first-order valence-electron chi connectivity index (χ1n) is 8.23. The third kappa shape index (κ3) is 16.4. The molecule has 0 aromatic rings. The van der Waals surface area contributed by atoms with E-state index in [9.17, 15) is 9.59 Å². The fourth-order valence-electron chi connectivity index (χ4n) is 1.54. The molecule has 0 N–H and O–H groups in total. The largest absolute Gasteiger partial charge is 0.498 e. The van der Waals surface area contributed by atoms with E-state index in [1.165, 1.54) is 0 Å². The average molecular weight is 342 g/mol. The highest BCUT2D eigenvalue weighted by Gasteiger charge is 2.06. The summed E-state index contributed by atoms with van der Waals surface area (Å²) in [6, 6.07) is 0. The van der Waals surface area contributed by atoms with Crippen LogP contribution in [0.5, 0.6) is 0 Å². The van der Waals surface area contributed by atoms with Crippen LogP contribution in [0.4, 0.5) is 0 Å². The molecule has 0 spiro atoms. The van der Waals surface area contributed by atoms with Crippen molar-refractivity contribution in [1.82, 2.24) is 0 Å². The van der Waals surface area contributed by atoms with Crippen molar-refractivity contribution >= 4 is 11.9 Å². The van der Waals surface area contributed by atoms with Gasteiger partial charge in [-0.25, -0.2) is 0 Å². The molecule has 0 heterocycles. The standard InChI is InChI=1S/C18H30O6/c1-15(2)13-21-9-11-23-17(19)7-5-6-8-18(20)24-12-10-22-14-16(3)4/h13-14H,5-12H2,1-4H3. The van der Waals surface area contributed by atoms with E-state index in [0.29, 0.717) is 38.9 Å². The minimum absolute atomic E-state index is 0.232. The van der Waals surface area contributed by atoms with Gasteiger partial charge in [0.25, 0.3) is 0 Å². The van der Waals surface area contributed by atoms with E-state index in [1.54, 1.807) is 12.5 Å². The molecule has 0 fully saturated rings. The molecule has 0 aliphatic carbocycles. The second kappa shape index (κ2) is 14.6. The maximum absolute atomic E-state index is 11.5. The molecule has 0 rings (SSSR count). The molecule has 0 saturated heterocycles. The maximum atomic E-state index is 11.5. The molecule has 24 heavy (non-hydrogen) atoms. The predicted molar refractivity (Wildman–Crippen MR) is 91.2 cm³/mol. The van der Waals surface area contributed by atoms with E-state index < -0.39 is 0 Å². The molecule has 0 aliphatic rings. The predicted octanol–water partition coefficient (Wildman–Crippen LogP) is 3.51. The Bertz CT molecular complexity index is 377. The molecular formula is C18H30O6. The highest BCUT2D eigenvalue weighted by atomic mass is 16.6. The minimum Gasteiger partial charge on any atom is -0.498 e. The second-order valence-corrected chi connectivity index (χ2v) is 5.78. The SMILES string of the molecule is CC(C)=COCCOC(=O)CCCCC(=O)OCCOC=C(C)C. The van der Waals surface area contributed by atoms with Crippen LogP contribution in [0.25, 0.3) is 0 Å². The first-order valence-corrected chi connectivity index (χ1v) is 8.23. The highest BCUT2D eigenvalue weighted by molar-refractivity contribution is 5.70. The zero-order chi connectivity index (χ0) is 18.2. The summed E-state index contributed by atoms with van der Waals surface area (Å²) in [4.78, 5) is 22.9. The summed E-state index contributed by atoms with van der Waals surface area (Å²) >= 11 is 0. The Balaban J connectivity index is 3.47. The number of carbonyl (C=O) groups is 2. The Morgan fingerprint density at radius 1 is 0.667 bits per heavy atom. The molecular weight excluding hydrogens is 312 g/mol. The van der Waals surface area contributed by atoms with Gasteiger partial charge in [-0.3, -0.25) is 9.59 Å². The maximum Gasteiger partial charge on any atom is 0.305 e. The number of hydrogen-bond acceptors (Lipinski definition) is 6. The van der Waals surface area contributed by atoms with Crippen molar-refractivity contribution in [2.75, 3.05) is 26.4 Å². The van der Waals surface area contributed by atoms with Crippen molar-refractivity contribution in [2.24, 2.45) is 0 Å². The molecule has 0 radical (unpaired) electrons. The lowest BCUT2D eigenvalue weighted by Crippen LogP contribution is -2.11. The van der Waals surface area contributed by atoms with Gasteiger partial charge >= 0.3 is 11.9 Å². The number of unbranched alkanes of at least 4 members (excludes halogenated alkanes) is 1. The number of allylic oxidation sites excluding steroid dienone is 2. The molecule has 138 valence electrons. The Morgan fingerprint density at radius 2 is 1.04 bits per heavy atom. The van der Waals surface area contributed by atoms with E-state index in [-0.39, 0.29) is 25.2 Å². The molecule has 0 bridgehead atoms. The first kappa shape index (κ1) is 22.0. The van der Waals surface area contributed by atoms with Crippen molar-refractivity contribution in [3.63, 3.8) is 0 Å². The van der Waals surface area contributed by atoms with Crippen LogP contribution in [-0.2, 0) is 28.5 Å². The molecule has 0 amide bonds. The molecule has 0 aliphatic heterocycles. The van der Waals surface area contributed by atoms with Gasteiger partial charge in [-0.2, -0.15) is 0 Å². The van der Waals surface area contributed by atoms with E-state index in [0.717, 1.165) is 11.1 Å². The minimum atomic E-state index is -0.278. The lowest BCUT2D eigenvalue weighted by molar-refractivity contribution is -0.146. The van der Waals surface area contributed by atoms with Crippen LogP contribution in [0, 0.1) is 0 Å². The van der Waals surface area contributed by atoms with E-state index in [2.05, 4.69) is 0 Å². The molecule has 0 atom stereocenters. The van der Waals surface area contributed by atoms with E-state index >= 15 is 0 Å². The van der Waals surface area contributed by atoms with Gasteiger partial charge in [0.15, 0.2) is 0 Å². The monoisotopic (exact) mass is 342 g/mol. The molecule has 0 saturated carbocycles. The smallest absolute Gasteiger partial charge is 0.305 e. The van der Waals surface area contributed by atoms with Gasteiger partial charge in [-0.15, -0.1) is 0 Å². The van der Waals surface area contributed by atoms with Gasteiger partial charge in [-0.1, -0.05) is 0 Å². The van der Waals surface area contributed by atoms with Crippen LogP contribution >= 0.6 is 0 Å². The number of esters is 2. The van der Waals surface area contributed by atoms with Crippen LogP contribution in [0.15, 0.2) is 23.7 Å². The lowest BCUT2D eigenvalue weighted by atomic mass is 10.2. The molecule has 0 aromatic heterocycles. The zero-order valence-electron chi connectivity index (χ0n) is 15.3. The second-order valence-electron chi connectivity index (χ2n) is 5.78. The van der Waals surface area contributed by atoms with Gasteiger partial charge in [0.1, 0.15) is 26.4 Å². The van der Waals surface area contributed by atoms with E-state index in [4.69, 9.17) is 18.9 Å². The fourth-order valence-corrected chi connectivity index (χ4v) is 1.54. The Morgan fingerprint density at radius 3 is 1.38 bits per heavy atom. The van der Waals surface area contributed by atoms with Gasteiger partial charge in [0, 0.05) is 12.8 Å². The number of hydrogen-bond donors (Lipinski definition) is 0. The summed E-state index contributed by atoms with van der Waals surface area (Å²) in [5, 5.41) is 0. The third-order valence-electron chi connectivity index (χ3n) is 2.58. The molecule has 6 nitrogen and oxygen atoms in total. The summed E-state index contributed by atoms with van der Waals surface area (Å²) in [6.07, 6.45) is 5.03. The van der Waals surface area contributed by atoms with Crippen LogP contribution in [-0.4, -0.2) is 38.4 Å². The highest BCUT2D eigenvalue weighted by Crippen LogP contribution is 2.03. The summed E-state index contributed by atoms with van der Waals surface area (Å²) < 4.78 is 20.3. The summed E-state index contributed by atoms with van der Waals surface area (Å²) in [5.74, 6) is -0.557. The molecule has 6 heteroatoms. The Kier molecular flexibility index (Phi) is 13.4. The van der Waals surface area contributed by atoms with Crippen LogP contribution in [0.3, 0.4) is 0 Å². The van der Waals surface area contributed by atoms with Crippen LogP contribution in [0.2, 0.25) is 0 Å². The van der Waals surface area contributed by atoms with Gasteiger partial charge in [0.05, 0.1) is 12.5 Å². The lowest BCUT2D eigenvalue weighted by Gasteiger charge is -2.06. The zero-order valence-corrected chi connectivity index (χ0v) is 15.3. The summed E-state index contributed by atoms with van der Waals surface area (Å²) in [6.45, 7) is 8.85. The van der Waals surface area contributed by atoms with E-state index in [1.807, 2.05) is 27.7 Å². The van der Waals surface area contributed by atoms with Crippen molar-refractivity contribution in [3.8, 4) is 0 Å². The van der Waals surface area contributed by atoms with Gasteiger partial charge in [-0.05, 0) is 51.7 Å². The van der Waals surface area contributed by atoms with Gasteiger partial charge in [0.2, 0.25) is 0 Å². The fraction of sp³-hybridized carbons (Fsp3) is 0.667. The third-order valence-corrected chi connectivity index (χ3v) is 2.58. The normalized spacial score (nSPS) is 9.67. The average Bonchev–Trinajstić information content (AvgIpc) is 2.50. The Hall–Kier alpha value is -1.98. The molecule has 0 unspecified atom stereocenters. The topological polar surface area (TPSA) is 71.1 Å². The van der Waals surface area contributed by atoms with Crippen LogP contribution < -0.4 is 0 Å². The van der Waals surface area contributed by atoms with Crippen molar-refractivity contribution in [2.45, 2.75) is 53.4 Å². The quantitative estimate of drug-likeness (QED) is 0.290. The van der Waals surface area contributed by atoms with Crippen LogP contribution in [0.1, 0.15) is 53.4 Å². The first-order chi connectivity index (χ1) is 11.4. The van der Waals surface area contributed by atoms with Gasteiger partial charge < -0.3 is 18.9 Å². The Labute approximate surface area is 144 Å². The summed E-state index contributed by atoms with van der Waals surface area (Å²) in [5.41, 5.74) is 2.11. The van der Waals surface area contributed by atoms with Crippen molar-refractivity contribution in [1.29, 1.82) is 0 Å². The van der Waals surface area contributed by atoms with Crippen molar-refractivity contribution < 1.29 is 28.5 Å². The molecule has 0 aromatic carbocycles. The van der Waals surface area contributed by atoms with Crippen molar-refractivity contribution in [3.05, 3.63) is 23.7 Å². The number of carbonyl (C=O) groups excluding carboxylic acids is 2. The number of ether oxygens (including phenoxy) is 4. The summed E-state index contributed by atoms with van der Waals surface area (Å²) in [7, 11) is 0.